The molecule has 56 heavy (non-hydrogen) atoms. The predicted octanol–water partition coefficient (Wildman–Crippen LogP) is 13.3. The van der Waals surface area contributed by atoms with Crippen LogP contribution in [0, 0.1) is 0 Å². The molecule has 3 N–H and O–H groups in total. The third kappa shape index (κ3) is 41.2. The number of carbonyl (C=O) groups is 1. The molecular weight excluding hydrogens is 719 g/mol. The summed E-state index contributed by atoms with van der Waals surface area (Å²) >= 11 is 0. The number of phosphoric acid groups is 1. The largest absolute Gasteiger partial charge is 0.472 e. The lowest BCUT2D eigenvalue weighted by atomic mass is 10.0. The molecule has 0 aliphatic heterocycles. The summed E-state index contributed by atoms with van der Waals surface area (Å²) in [5.41, 5.74) is 0. The van der Waals surface area contributed by atoms with E-state index in [0.29, 0.717) is 17.4 Å². The van der Waals surface area contributed by atoms with E-state index >= 15 is 0 Å². The Morgan fingerprint density at radius 2 is 0.964 bits per heavy atom. The number of nitrogens with zero attached hydrogens (tertiary/aromatic N) is 1. The van der Waals surface area contributed by atoms with Gasteiger partial charge < -0.3 is 19.8 Å². The third-order valence-corrected chi connectivity index (χ3v) is 11.6. The molecule has 1 amide bonds. The molecule has 8 nitrogen and oxygen atoms in total. The number of nitrogens with one attached hydrogen (secondary N) is 1. The van der Waals surface area contributed by atoms with Gasteiger partial charge in [-0.05, 0) is 44.9 Å². The van der Waals surface area contributed by atoms with E-state index in [4.69, 9.17) is 9.05 Å². The predicted molar refractivity (Wildman–Crippen MR) is 240 cm³/mol. The molecule has 0 aliphatic rings. The number of amides is 1. The van der Waals surface area contributed by atoms with Gasteiger partial charge >= 0.3 is 7.82 Å². The first kappa shape index (κ1) is 55.0. The van der Waals surface area contributed by atoms with Crippen LogP contribution in [0.3, 0.4) is 0 Å². The van der Waals surface area contributed by atoms with Crippen molar-refractivity contribution in [1.82, 2.24) is 5.32 Å². The molecule has 0 saturated heterocycles. The molecule has 3 atom stereocenters. The zero-order valence-electron chi connectivity index (χ0n) is 37.6. The Morgan fingerprint density at radius 1 is 0.589 bits per heavy atom. The second kappa shape index (κ2) is 39.4. The van der Waals surface area contributed by atoms with Crippen molar-refractivity contribution < 1.29 is 32.9 Å². The first-order valence-electron chi connectivity index (χ1n) is 23.7. The van der Waals surface area contributed by atoms with E-state index in [1.807, 2.05) is 27.2 Å². The molecule has 0 radical (unpaired) electrons. The number of phosphoric ester groups is 1. The average Bonchev–Trinajstić information content (AvgIpc) is 3.15. The number of aliphatic hydroxyl groups is 1. The van der Waals surface area contributed by atoms with Crippen LogP contribution in [-0.2, 0) is 18.4 Å². The number of carbonyl (C=O) groups excluding carboxylic acids is 1. The highest BCUT2D eigenvalue weighted by atomic mass is 31.2. The first-order valence-corrected chi connectivity index (χ1v) is 25.2. The van der Waals surface area contributed by atoms with Crippen molar-refractivity contribution in [3.63, 3.8) is 0 Å². The maximum atomic E-state index is 12.8. The van der Waals surface area contributed by atoms with Crippen LogP contribution in [0.5, 0.6) is 0 Å². The molecule has 332 valence electrons. The van der Waals surface area contributed by atoms with Crippen molar-refractivity contribution >= 4 is 13.7 Å². The van der Waals surface area contributed by atoms with Crippen molar-refractivity contribution in [2.45, 2.75) is 231 Å². The zero-order valence-corrected chi connectivity index (χ0v) is 38.5. The fourth-order valence-electron chi connectivity index (χ4n) is 6.86. The van der Waals surface area contributed by atoms with E-state index in [1.165, 1.54) is 161 Å². The number of aliphatic hydroxyl groups excluding tert-OH is 1. The van der Waals surface area contributed by atoms with E-state index in [1.54, 1.807) is 6.08 Å². The molecule has 3 unspecified atom stereocenters. The lowest BCUT2D eigenvalue weighted by Crippen LogP contribution is -2.45. The van der Waals surface area contributed by atoms with Gasteiger partial charge in [-0.1, -0.05) is 192 Å². The summed E-state index contributed by atoms with van der Waals surface area (Å²) in [4.78, 5) is 23.1. The molecule has 0 aromatic carbocycles. The summed E-state index contributed by atoms with van der Waals surface area (Å²) in [6.07, 6.45) is 47.0. The zero-order chi connectivity index (χ0) is 41.4. The Balaban J connectivity index is 4.12. The molecule has 0 fully saturated rings. The van der Waals surface area contributed by atoms with Gasteiger partial charge in [0.1, 0.15) is 13.2 Å². The lowest BCUT2D eigenvalue weighted by Gasteiger charge is -2.25. The van der Waals surface area contributed by atoms with E-state index < -0.39 is 20.0 Å². The Labute approximate surface area is 347 Å². The van der Waals surface area contributed by atoms with Gasteiger partial charge in [-0.3, -0.25) is 13.8 Å². The van der Waals surface area contributed by atoms with Crippen molar-refractivity contribution in [1.29, 1.82) is 0 Å². The maximum Gasteiger partial charge on any atom is 0.472 e. The van der Waals surface area contributed by atoms with Gasteiger partial charge in [-0.2, -0.15) is 0 Å². The monoisotopic (exact) mass is 814 g/mol. The van der Waals surface area contributed by atoms with E-state index in [-0.39, 0.29) is 19.1 Å². The summed E-state index contributed by atoms with van der Waals surface area (Å²) in [5, 5.41) is 13.8. The summed E-state index contributed by atoms with van der Waals surface area (Å²) < 4.78 is 23.5. The Hall–Kier alpha value is -1.02. The SMILES string of the molecule is CCCCCCCCC/C=C/C(O)C(COP(=O)(O)OCC[N+](C)(C)C)NC(=O)CCCCCCCCCCCCCCC/C=C\CCCCCCCCCC. The molecule has 0 saturated carbocycles. The number of likely N-dealkylation sites (N-methyl/N-ethyl adjacent to an activating group) is 1. The van der Waals surface area contributed by atoms with Gasteiger partial charge in [0.2, 0.25) is 5.91 Å². The number of rotatable bonds is 43. The highest BCUT2D eigenvalue weighted by Crippen LogP contribution is 2.43. The minimum atomic E-state index is -4.33. The van der Waals surface area contributed by atoms with Gasteiger partial charge in [-0.25, -0.2) is 4.57 Å². The number of hydrogen-bond donors (Lipinski definition) is 3. The Bertz CT molecular complexity index is 969. The molecule has 0 spiro atoms. The van der Waals surface area contributed by atoms with E-state index in [2.05, 4.69) is 31.3 Å². The number of allylic oxidation sites excluding steroid dienone is 3. The van der Waals surface area contributed by atoms with Crippen LogP contribution in [0.25, 0.3) is 0 Å². The quantitative estimate of drug-likeness (QED) is 0.0245. The van der Waals surface area contributed by atoms with Gasteiger partial charge in [0.15, 0.2) is 0 Å². The molecule has 0 rings (SSSR count). The topological polar surface area (TPSA) is 105 Å². The highest BCUT2D eigenvalue weighted by Gasteiger charge is 2.27. The standard InChI is InChI=1S/C47H93N2O6P/c1-6-8-10-12-14-16-17-18-19-20-21-22-23-24-25-26-27-28-29-30-31-33-35-37-39-41-47(51)48-45(44-55-56(52,53)54-43-42-49(3,4)5)46(50)40-38-36-34-32-15-13-11-9-7-2/h20-21,38,40,45-46,50H,6-19,22-37,39,41-44H2,1-5H3,(H-,48,51,52,53)/p+1/b21-20-,40-38+. The normalized spacial score (nSPS) is 14.5. The van der Waals surface area contributed by atoms with Crippen LogP contribution in [0.1, 0.15) is 219 Å². The first-order chi connectivity index (χ1) is 27.0. The van der Waals surface area contributed by atoms with Crippen molar-refractivity contribution in [3.8, 4) is 0 Å². The van der Waals surface area contributed by atoms with Crippen molar-refractivity contribution in [3.05, 3.63) is 24.3 Å². The minimum Gasteiger partial charge on any atom is -0.387 e. The van der Waals surface area contributed by atoms with E-state index in [9.17, 15) is 19.4 Å². The fourth-order valence-corrected chi connectivity index (χ4v) is 7.60. The van der Waals surface area contributed by atoms with Gasteiger partial charge in [0, 0.05) is 6.42 Å². The van der Waals surface area contributed by atoms with Crippen LogP contribution in [0.4, 0.5) is 0 Å². The molecule has 0 aliphatic carbocycles. The molecule has 9 heteroatoms. The second-order valence-corrected chi connectivity index (χ2v) is 18.9. The average molecular weight is 814 g/mol. The van der Waals surface area contributed by atoms with E-state index in [0.717, 1.165) is 38.5 Å². The number of unbranched alkanes of at least 4 members (excludes halogenated alkanes) is 28. The minimum absolute atomic E-state index is 0.0626. The molecule has 0 aromatic rings. The van der Waals surface area contributed by atoms with Crippen LogP contribution >= 0.6 is 7.82 Å². The second-order valence-electron chi connectivity index (χ2n) is 17.5. The summed E-state index contributed by atoms with van der Waals surface area (Å²) in [7, 11) is 1.57. The molecular formula is C47H94N2O6P+. The molecule has 0 aromatic heterocycles. The van der Waals surface area contributed by atoms with Gasteiger partial charge in [-0.15, -0.1) is 0 Å². The Kier molecular flexibility index (Phi) is 38.7. The van der Waals surface area contributed by atoms with Crippen molar-refractivity contribution in [2.24, 2.45) is 0 Å². The van der Waals surface area contributed by atoms with Crippen LogP contribution in [0.2, 0.25) is 0 Å². The highest BCUT2D eigenvalue weighted by molar-refractivity contribution is 7.47. The lowest BCUT2D eigenvalue weighted by molar-refractivity contribution is -0.870. The molecule has 0 heterocycles. The Morgan fingerprint density at radius 3 is 1.38 bits per heavy atom. The summed E-state index contributed by atoms with van der Waals surface area (Å²) in [6, 6.07) is -0.841. The number of quaternary nitrogens is 1. The number of hydrogen-bond acceptors (Lipinski definition) is 5. The van der Waals surface area contributed by atoms with Crippen LogP contribution < -0.4 is 5.32 Å². The summed E-state index contributed by atoms with van der Waals surface area (Å²) in [5.74, 6) is -0.178. The maximum absolute atomic E-state index is 12.8. The van der Waals surface area contributed by atoms with Crippen LogP contribution in [-0.4, -0.2) is 73.4 Å². The third-order valence-electron chi connectivity index (χ3n) is 10.7. The summed E-state index contributed by atoms with van der Waals surface area (Å²) in [6.45, 7) is 4.79. The smallest absolute Gasteiger partial charge is 0.387 e. The van der Waals surface area contributed by atoms with Crippen LogP contribution in [0.15, 0.2) is 24.3 Å². The molecule has 0 bridgehead atoms. The fraction of sp³-hybridized carbons (Fsp3) is 0.894. The van der Waals surface area contributed by atoms with Crippen molar-refractivity contribution in [2.75, 3.05) is 40.9 Å². The van der Waals surface area contributed by atoms with Gasteiger partial charge in [0.25, 0.3) is 0 Å². The van der Waals surface area contributed by atoms with Gasteiger partial charge in [0.05, 0.1) is 39.9 Å².